The lowest BCUT2D eigenvalue weighted by molar-refractivity contribution is -0.393. The van der Waals surface area contributed by atoms with Crippen molar-refractivity contribution in [3.8, 4) is 0 Å². The minimum atomic E-state index is -1.14. The number of nitrogens with zero attached hydrogens (tertiary/aromatic N) is 2. The van der Waals surface area contributed by atoms with Gasteiger partial charge in [0.15, 0.2) is 0 Å². The van der Waals surface area contributed by atoms with Crippen LogP contribution >= 0.6 is 0 Å². The highest BCUT2D eigenvalue weighted by atomic mass is 16.6. The molecule has 0 aliphatic carbocycles. The number of carboxylic acid groups (broad SMARTS) is 1. The number of rotatable bonds is 34. The molecule has 1 aromatic rings. The SMILES string of the molecule is O=C(O)COCC(=O)NCCOCCOCCOCCOCCOCCOCCOCCOCCNc1ccc([N+](=O)[O-])cc1[N+](=O)[O-]. The Labute approximate surface area is 277 Å². The Balaban J connectivity index is 1.76. The summed E-state index contributed by atoms with van der Waals surface area (Å²) in [4.78, 5) is 42.2. The number of carbonyl (C=O) groups excluding carboxylic acids is 1. The maximum atomic E-state index is 11.3. The number of hydrogen-bond acceptors (Lipinski definition) is 16. The zero-order chi connectivity index (χ0) is 35.1. The number of nitro benzene ring substituents is 2. The quantitative estimate of drug-likeness (QED) is 0.0497. The van der Waals surface area contributed by atoms with E-state index < -0.39 is 28.3 Å². The second-order valence-corrected chi connectivity index (χ2v) is 9.28. The van der Waals surface area contributed by atoms with Gasteiger partial charge in [-0.15, -0.1) is 0 Å². The average molecular weight is 695 g/mol. The molecule has 0 fully saturated rings. The van der Waals surface area contributed by atoms with Crippen molar-refractivity contribution in [2.45, 2.75) is 0 Å². The van der Waals surface area contributed by atoms with Crippen LogP contribution in [0.2, 0.25) is 0 Å². The molecule has 0 bridgehead atoms. The van der Waals surface area contributed by atoms with Gasteiger partial charge in [0.25, 0.3) is 11.4 Å². The summed E-state index contributed by atoms with van der Waals surface area (Å²) in [5, 5.41) is 35.7. The summed E-state index contributed by atoms with van der Waals surface area (Å²) in [5.74, 6) is -1.55. The molecule has 1 rings (SSSR count). The lowest BCUT2D eigenvalue weighted by Gasteiger charge is -2.09. The van der Waals surface area contributed by atoms with E-state index >= 15 is 0 Å². The highest BCUT2D eigenvalue weighted by molar-refractivity contribution is 5.77. The summed E-state index contributed by atoms with van der Waals surface area (Å²) in [7, 11) is 0. The minimum absolute atomic E-state index is 0.175. The third-order valence-electron chi connectivity index (χ3n) is 5.58. The van der Waals surface area contributed by atoms with Crippen molar-refractivity contribution in [2.24, 2.45) is 0 Å². The van der Waals surface area contributed by atoms with Crippen LogP contribution in [-0.4, -0.2) is 159 Å². The van der Waals surface area contributed by atoms with Crippen LogP contribution in [0, 0.1) is 20.2 Å². The number of hydrogen-bond donors (Lipinski definition) is 3. The fourth-order valence-corrected chi connectivity index (χ4v) is 3.38. The van der Waals surface area contributed by atoms with Gasteiger partial charge in [-0.2, -0.15) is 0 Å². The third-order valence-corrected chi connectivity index (χ3v) is 5.58. The van der Waals surface area contributed by atoms with Crippen LogP contribution in [0.3, 0.4) is 0 Å². The first-order chi connectivity index (χ1) is 23.3. The van der Waals surface area contributed by atoms with E-state index in [9.17, 15) is 29.8 Å². The molecular formula is C28H46N4O16. The Bertz CT molecular complexity index is 1040. The first kappa shape index (κ1) is 42.4. The van der Waals surface area contributed by atoms with Crippen molar-refractivity contribution in [3.05, 3.63) is 38.4 Å². The fraction of sp³-hybridized carbons (Fsp3) is 0.714. The van der Waals surface area contributed by atoms with Crippen LogP contribution in [0.5, 0.6) is 0 Å². The number of aliphatic carboxylic acids is 1. The van der Waals surface area contributed by atoms with Crippen LogP contribution in [0.1, 0.15) is 0 Å². The van der Waals surface area contributed by atoms with E-state index in [1.165, 1.54) is 12.1 Å². The first-order valence-electron chi connectivity index (χ1n) is 15.2. The number of carbonyl (C=O) groups is 2. The molecule has 0 aliphatic heterocycles. The Kier molecular flexibility index (Phi) is 26.1. The van der Waals surface area contributed by atoms with Crippen molar-refractivity contribution < 1.29 is 67.2 Å². The molecule has 0 spiro atoms. The van der Waals surface area contributed by atoms with Gasteiger partial charge < -0.3 is 58.4 Å². The monoisotopic (exact) mass is 694 g/mol. The summed E-state index contributed by atoms with van der Waals surface area (Å²) in [6.07, 6.45) is 0. The number of benzene rings is 1. The number of ether oxygens (including phenoxy) is 9. The van der Waals surface area contributed by atoms with Gasteiger partial charge >= 0.3 is 5.97 Å². The second kappa shape index (κ2) is 29.5. The Morgan fingerprint density at radius 2 is 1.00 bits per heavy atom. The summed E-state index contributed by atoms with van der Waals surface area (Å²) < 4.78 is 47.8. The molecule has 0 unspecified atom stereocenters. The van der Waals surface area contributed by atoms with E-state index in [0.717, 1.165) is 6.07 Å². The van der Waals surface area contributed by atoms with E-state index in [4.69, 9.17) is 43.0 Å². The Morgan fingerprint density at radius 3 is 1.40 bits per heavy atom. The van der Waals surface area contributed by atoms with Gasteiger partial charge in [0.05, 0.1) is 122 Å². The largest absolute Gasteiger partial charge is 0.480 e. The van der Waals surface area contributed by atoms with E-state index in [0.29, 0.717) is 99.1 Å². The molecule has 0 aromatic heterocycles. The lowest BCUT2D eigenvalue weighted by Crippen LogP contribution is -2.31. The smallest absolute Gasteiger partial charge is 0.329 e. The molecule has 0 heterocycles. The van der Waals surface area contributed by atoms with Gasteiger partial charge in [0.2, 0.25) is 5.91 Å². The summed E-state index contributed by atoms with van der Waals surface area (Å²) in [6, 6.07) is 3.40. The van der Waals surface area contributed by atoms with Crippen molar-refractivity contribution in [1.29, 1.82) is 0 Å². The predicted octanol–water partition coefficient (Wildman–Crippen LogP) is 0.265. The first-order valence-corrected chi connectivity index (χ1v) is 15.2. The second-order valence-electron chi connectivity index (χ2n) is 9.28. The van der Waals surface area contributed by atoms with Crippen LogP contribution in [-0.2, 0) is 52.2 Å². The zero-order valence-electron chi connectivity index (χ0n) is 26.8. The number of nitro groups is 2. The average Bonchev–Trinajstić information content (AvgIpc) is 3.05. The molecule has 3 N–H and O–H groups in total. The van der Waals surface area contributed by atoms with Crippen LogP contribution < -0.4 is 10.6 Å². The number of amides is 1. The van der Waals surface area contributed by atoms with E-state index in [2.05, 4.69) is 15.4 Å². The summed E-state index contributed by atoms with van der Waals surface area (Å²) in [5.41, 5.74) is -0.555. The molecule has 20 nitrogen and oxygen atoms in total. The van der Waals surface area contributed by atoms with Gasteiger partial charge in [-0.3, -0.25) is 25.0 Å². The molecule has 48 heavy (non-hydrogen) atoms. The molecular weight excluding hydrogens is 648 g/mol. The van der Waals surface area contributed by atoms with Gasteiger partial charge in [-0.25, -0.2) is 4.79 Å². The zero-order valence-corrected chi connectivity index (χ0v) is 26.8. The maximum absolute atomic E-state index is 11.3. The topological polar surface area (TPSA) is 248 Å². The molecule has 0 saturated heterocycles. The molecule has 0 aliphatic rings. The summed E-state index contributed by atoms with van der Waals surface area (Å²) >= 11 is 0. The molecule has 0 radical (unpaired) electrons. The third kappa shape index (κ3) is 24.6. The van der Waals surface area contributed by atoms with Crippen molar-refractivity contribution in [1.82, 2.24) is 5.32 Å². The highest BCUT2D eigenvalue weighted by Crippen LogP contribution is 2.28. The van der Waals surface area contributed by atoms with Crippen LogP contribution in [0.15, 0.2) is 18.2 Å². The normalized spacial score (nSPS) is 11.0. The molecule has 20 heteroatoms. The number of carboxylic acids is 1. The summed E-state index contributed by atoms with van der Waals surface area (Å²) in [6.45, 7) is 5.84. The molecule has 274 valence electrons. The van der Waals surface area contributed by atoms with Gasteiger partial charge in [-0.05, 0) is 6.07 Å². The number of anilines is 1. The van der Waals surface area contributed by atoms with Crippen molar-refractivity contribution in [3.63, 3.8) is 0 Å². The van der Waals surface area contributed by atoms with Crippen LogP contribution in [0.4, 0.5) is 17.1 Å². The molecule has 0 saturated carbocycles. The Hall–Kier alpha value is -3.60. The van der Waals surface area contributed by atoms with Gasteiger partial charge in [-0.1, -0.05) is 0 Å². The lowest BCUT2D eigenvalue weighted by atomic mass is 10.2. The highest BCUT2D eigenvalue weighted by Gasteiger charge is 2.19. The molecule has 1 amide bonds. The standard InChI is InChI=1S/C28H46N4O16/c33-27(22-48-23-28(34)35)30-4-6-41-8-10-43-12-14-45-16-18-47-20-19-46-17-15-44-13-11-42-9-7-40-5-3-29-25-2-1-24(31(36)37)21-26(25)32(38)39/h1-2,21,29H,3-20,22-23H2,(H,30,33)(H,34,35). The number of non-ortho nitro benzene ring substituents is 1. The van der Waals surface area contributed by atoms with E-state index in [1.807, 2.05) is 0 Å². The van der Waals surface area contributed by atoms with E-state index in [-0.39, 0.29) is 43.4 Å². The minimum Gasteiger partial charge on any atom is -0.480 e. The van der Waals surface area contributed by atoms with Crippen molar-refractivity contribution >= 4 is 28.9 Å². The molecule has 0 atom stereocenters. The number of nitrogens with one attached hydrogen (secondary N) is 2. The maximum Gasteiger partial charge on any atom is 0.329 e. The predicted molar refractivity (Wildman–Crippen MR) is 166 cm³/mol. The van der Waals surface area contributed by atoms with Gasteiger partial charge in [0.1, 0.15) is 18.9 Å². The van der Waals surface area contributed by atoms with Gasteiger partial charge in [0, 0.05) is 19.2 Å². The molecule has 1 aromatic carbocycles. The van der Waals surface area contributed by atoms with Crippen LogP contribution in [0.25, 0.3) is 0 Å². The fourth-order valence-electron chi connectivity index (χ4n) is 3.38. The van der Waals surface area contributed by atoms with E-state index in [1.54, 1.807) is 0 Å². The Morgan fingerprint density at radius 1 is 0.583 bits per heavy atom. The van der Waals surface area contributed by atoms with Crippen molar-refractivity contribution in [2.75, 3.05) is 137 Å².